The van der Waals surface area contributed by atoms with E-state index in [-0.39, 0.29) is 23.0 Å². The maximum atomic E-state index is 13.5. The lowest BCUT2D eigenvalue weighted by Crippen LogP contribution is -2.37. The highest BCUT2D eigenvalue weighted by molar-refractivity contribution is 14.1. The zero-order chi connectivity index (χ0) is 20.5. The first-order valence-corrected chi connectivity index (χ1v) is 13.8. The first kappa shape index (κ1) is 22.5. The Bertz CT molecular complexity index is 955. The van der Waals surface area contributed by atoms with Gasteiger partial charge < -0.3 is 0 Å². The first-order valence-electron chi connectivity index (χ1n) is 10.0. The van der Waals surface area contributed by atoms with Gasteiger partial charge in [-0.1, -0.05) is 57.9 Å². The largest absolute Gasteiger partial charge is 0.224 e. The topological polar surface area (TPSA) is 34.1 Å². The van der Waals surface area contributed by atoms with Gasteiger partial charge in [-0.3, -0.25) is 0 Å². The summed E-state index contributed by atoms with van der Waals surface area (Å²) in [5.41, 5.74) is 2.03. The highest BCUT2D eigenvalue weighted by atomic mass is 127. The molecule has 2 nitrogen and oxygen atoms in total. The summed E-state index contributed by atoms with van der Waals surface area (Å²) in [5, 5.41) is 0. The highest BCUT2D eigenvalue weighted by Crippen LogP contribution is 2.52. The van der Waals surface area contributed by atoms with Crippen LogP contribution in [0.4, 0.5) is 0 Å². The van der Waals surface area contributed by atoms with Crippen LogP contribution in [0.3, 0.4) is 0 Å². The molecule has 0 aromatic heterocycles. The molecule has 2 aromatic rings. The van der Waals surface area contributed by atoms with Crippen LogP contribution >= 0.6 is 45.2 Å². The second-order valence-corrected chi connectivity index (χ2v) is 12.4. The summed E-state index contributed by atoms with van der Waals surface area (Å²) in [6, 6.07) is 14.3. The third kappa shape index (κ3) is 4.17. The van der Waals surface area contributed by atoms with E-state index in [0.29, 0.717) is 4.90 Å². The molecule has 152 valence electrons. The molecule has 0 unspecified atom stereocenters. The van der Waals surface area contributed by atoms with Gasteiger partial charge in [-0.15, -0.1) is 0 Å². The van der Waals surface area contributed by atoms with Crippen LogP contribution in [-0.2, 0) is 9.84 Å². The maximum absolute atomic E-state index is 13.5. The van der Waals surface area contributed by atoms with Gasteiger partial charge in [0.25, 0.3) is 0 Å². The average molecular weight is 622 g/mol. The molecule has 2 aromatic carbocycles. The smallest absolute Gasteiger partial charge is 0.179 e. The molecule has 1 heterocycles. The third-order valence-corrected chi connectivity index (χ3v) is 10.2. The molecule has 0 saturated carbocycles. The lowest BCUT2D eigenvalue weighted by Gasteiger charge is -2.41. The van der Waals surface area contributed by atoms with Crippen LogP contribution in [0.5, 0.6) is 0 Å². The molecule has 0 amide bonds. The summed E-state index contributed by atoms with van der Waals surface area (Å²) in [7, 11) is -3.33. The molecule has 0 bridgehead atoms. The predicted molar refractivity (Wildman–Crippen MR) is 134 cm³/mol. The van der Waals surface area contributed by atoms with Crippen molar-refractivity contribution in [1.82, 2.24) is 0 Å². The van der Waals surface area contributed by atoms with Gasteiger partial charge >= 0.3 is 0 Å². The monoisotopic (exact) mass is 622 g/mol. The number of halogens is 2. The van der Waals surface area contributed by atoms with Crippen molar-refractivity contribution in [2.75, 3.05) is 5.75 Å². The van der Waals surface area contributed by atoms with E-state index in [1.165, 1.54) is 12.7 Å². The van der Waals surface area contributed by atoms with Crippen molar-refractivity contribution in [2.45, 2.75) is 57.3 Å². The van der Waals surface area contributed by atoms with E-state index >= 15 is 0 Å². The quantitative estimate of drug-likeness (QED) is 0.336. The number of fused-ring (bicyclic) bond motifs is 1. The second kappa shape index (κ2) is 8.92. The van der Waals surface area contributed by atoms with Crippen LogP contribution in [-0.4, -0.2) is 14.2 Å². The molecule has 0 N–H and O–H groups in total. The number of unbranched alkanes of at least 4 members (excludes halogenated alkanes) is 1. The molecule has 3 rings (SSSR count). The van der Waals surface area contributed by atoms with Crippen molar-refractivity contribution in [3.63, 3.8) is 0 Å². The summed E-state index contributed by atoms with van der Waals surface area (Å²) >= 11 is 4.76. The van der Waals surface area contributed by atoms with Gasteiger partial charge in [0.2, 0.25) is 0 Å². The number of hydrogen-bond acceptors (Lipinski definition) is 2. The van der Waals surface area contributed by atoms with Crippen LogP contribution in [0.25, 0.3) is 0 Å². The van der Waals surface area contributed by atoms with E-state index in [4.69, 9.17) is 0 Å². The van der Waals surface area contributed by atoms with Crippen molar-refractivity contribution >= 4 is 55.0 Å². The van der Waals surface area contributed by atoms with Gasteiger partial charge in [-0.2, -0.15) is 0 Å². The maximum Gasteiger partial charge on any atom is 0.179 e. The third-order valence-electron chi connectivity index (χ3n) is 6.56. The number of hydrogen-bond donors (Lipinski definition) is 0. The Labute approximate surface area is 197 Å². The van der Waals surface area contributed by atoms with E-state index in [2.05, 4.69) is 84.2 Å². The van der Waals surface area contributed by atoms with Gasteiger partial charge in [-0.25, -0.2) is 8.42 Å². The van der Waals surface area contributed by atoms with Crippen molar-refractivity contribution in [2.24, 2.45) is 11.3 Å². The molecule has 0 spiro atoms. The Morgan fingerprint density at radius 3 is 2.43 bits per heavy atom. The summed E-state index contributed by atoms with van der Waals surface area (Å²) in [4.78, 5) is 0.535. The molecule has 3 atom stereocenters. The number of benzene rings is 2. The molecular formula is C23H28I2O2S. The zero-order valence-corrected chi connectivity index (χ0v) is 21.8. The van der Waals surface area contributed by atoms with Crippen molar-refractivity contribution in [1.29, 1.82) is 0 Å². The van der Waals surface area contributed by atoms with Gasteiger partial charge in [0.05, 0.1) is 10.6 Å². The van der Waals surface area contributed by atoms with E-state index in [1.54, 1.807) is 0 Å². The zero-order valence-electron chi connectivity index (χ0n) is 16.7. The predicted octanol–water partition coefficient (Wildman–Crippen LogP) is 7.04. The molecule has 0 fully saturated rings. The minimum absolute atomic E-state index is 0.0918. The minimum Gasteiger partial charge on any atom is -0.224 e. The lowest BCUT2D eigenvalue weighted by molar-refractivity contribution is 0.160. The fraction of sp³-hybridized carbons (Fsp3) is 0.478. The van der Waals surface area contributed by atoms with Crippen LogP contribution in [0.1, 0.15) is 63.5 Å². The van der Waals surface area contributed by atoms with Crippen LogP contribution in [0.2, 0.25) is 0 Å². The minimum atomic E-state index is -3.33. The molecular weight excluding hydrogens is 594 g/mol. The summed E-state index contributed by atoms with van der Waals surface area (Å²) in [6.45, 7) is 6.65. The average Bonchev–Trinajstić information content (AvgIpc) is 2.73. The fourth-order valence-electron chi connectivity index (χ4n) is 4.85. The highest BCUT2D eigenvalue weighted by Gasteiger charge is 2.47. The molecule has 0 aliphatic carbocycles. The van der Waals surface area contributed by atoms with Crippen molar-refractivity contribution < 1.29 is 8.42 Å². The fourth-order valence-corrected chi connectivity index (χ4v) is 9.15. The second-order valence-electron chi connectivity index (χ2n) is 8.05. The number of sulfone groups is 1. The van der Waals surface area contributed by atoms with Gasteiger partial charge in [0.1, 0.15) is 0 Å². The molecule has 0 radical (unpaired) electrons. The Hall–Kier alpha value is -0.150. The standard InChI is InChI=1S/C23H28I2O2S/c1-4-6-13-23(5-2)15-28(26,27)21-10-8-7-9-19(21)22(16(23)3)18-12-11-17(24)14-20(18)25/h7-12,14,16,22H,4-6,13,15H2,1-3H3/t16-,22-,23+/m1/s1. The van der Waals surface area contributed by atoms with Crippen LogP contribution in [0, 0.1) is 18.5 Å². The van der Waals surface area contributed by atoms with Crippen molar-refractivity contribution in [3.8, 4) is 0 Å². The summed E-state index contributed by atoms with van der Waals surface area (Å²) in [5.74, 6) is 0.594. The van der Waals surface area contributed by atoms with E-state index < -0.39 is 9.84 Å². The molecule has 0 saturated heterocycles. The van der Waals surface area contributed by atoms with E-state index in [0.717, 1.165) is 31.2 Å². The number of rotatable bonds is 5. The molecule has 1 aliphatic rings. The van der Waals surface area contributed by atoms with Gasteiger partial charge in [0.15, 0.2) is 9.84 Å². The summed E-state index contributed by atoms with van der Waals surface area (Å²) in [6.07, 6.45) is 4.01. The molecule has 28 heavy (non-hydrogen) atoms. The first-order chi connectivity index (χ1) is 13.3. The Morgan fingerprint density at radius 1 is 1.07 bits per heavy atom. The van der Waals surface area contributed by atoms with E-state index in [1.807, 2.05) is 24.3 Å². The Kier molecular flexibility index (Phi) is 7.18. The van der Waals surface area contributed by atoms with Crippen LogP contribution < -0.4 is 0 Å². The SMILES string of the molecule is CCCC[C@@]1(CC)CS(=O)(=O)c2ccccc2[C@@H](c2ccc(I)cc2I)[C@H]1C. The molecule has 5 heteroatoms. The Morgan fingerprint density at radius 2 is 1.79 bits per heavy atom. The summed E-state index contributed by atoms with van der Waals surface area (Å²) < 4.78 is 29.4. The van der Waals surface area contributed by atoms with Gasteiger partial charge in [0, 0.05) is 13.1 Å². The lowest BCUT2D eigenvalue weighted by atomic mass is 9.64. The normalized spacial score (nSPS) is 26.5. The van der Waals surface area contributed by atoms with Crippen molar-refractivity contribution in [3.05, 3.63) is 60.7 Å². The molecule has 1 aliphatic heterocycles. The Balaban J connectivity index is 2.29. The van der Waals surface area contributed by atoms with E-state index in [9.17, 15) is 8.42 Å². The van der Waals surface area contributed by atoms with Gasteiger partial charge in [-0.05, 0) is 98.7 Å². The van der Waals surface area contributed by atoms with Crippen LogP contribution in [0.15, 0.2) is 47.4 Å².